The van der Waals surface area contributed by atoms with Crippen molar-refractivity contribution in [2.24, 2.45) is 10.9 Å². The van der Waals surface area contributed by atoms with E-state index in [0.717, 1.165) is 0 Å². The van der Waals surface area contributed by atoms with Crippen molar-refractivity contribution in [2.75, 3.05) is 13.7 Å². The van der Waals surface area contributed by atoms with Crippen LogP contribution in [0.15, 0.2) is 5.10 Å². The summed E-state index contributed by atoms with van der Waals surface area (Å²) in [6, 6.07) is 0. The second-order valence-corrected chi connectivity index (χ2v) is 1.57. The SMILES string of the molecule is CN1C=NN(N)C1.[B]. The lowest BCUT2D eigenvalue weighted by Crippen LogP contribution is -2.28. The van der Waals surface area contributed by atoms with Crippen LogP contribution in [0.1, 0.15) is 0 Å². The third kappa shape index (κ3) is 1.42. The molecule has 1 heterocycles. The highest BCUT2D eigenvalue weighted by Gasteiger charge is 2.02. The molecule has 0 aromatic carbocycles. The van der Waals surface area contributed by atoms with Crippen LogP contribution >= 0.6 is 0 Å². The normalized spacial score (nSPS) is 16.8. The van der Waals surface area contributed by atoms with E-state index in [4.69, 9.17) is 5.84 Å². The van der Waals surface area contributed by atoms with Crippen molar-refractivity contribution in [3.05, 3.63) is 0 Å². The quantitative estimate of drug-likeness (QED) is 0.309. The Kier molecular flexibility index (Phi) is 2.34. The van der Waals surface area contributed by atoms with Crippen molar-refractivity contribution in [1.82, 2.24) is 10.0 Å². The fourth-order valence-electron chi connectivity index (χ4n) is 0.456. The molecule has 5 heteroatoms. The zero-order valence-corrected chi connectivity index (χ0v) is 4.78. The third-order valence-electron chi connectivity index (χ3n) is 0.765. The largest absolute Gasteiger partial charge is 0.344 e. The summed E-state index contributed by atoms with van der Waals surface area (Å²) in [6.07, 6.45) is 1.68. The molecule has 0 bridgehead atoms. The Bertz CT molecular complexity index is 83.3. The van der Waals surface area contributed by atoms with Gasteiger partial charge in [0.05, 0.1) is 0 Å². The molecule has 0 atom stereocenters. The maximum absolute atomic E-state index is 5.22. The van der Waals surface area contributed by atoms with Gasteiger partial charge in [-0.2, -0.15) is 5.10 Å². The maximum atomic E-state index is 5.22. The van der Waals surface area contributed by atoms with Gasteiger partial charge >= 0.3 is 0 Å². The van der Waals surface area contributed by atoms with Gasteiger partial charge < -0.3 is 4.90 Å². The van der Waals surface area contributed by atoms with E-state index in [-0.39, 0.29) is 8.41 Å². The van der Waals surface area contributed by atoms with Crippen LogP contribution in [-0.2, 0) is 0 Å². The van der Waals surface area contributed by atoms with Crippen LogP contribution in [0, 0.1) is 0 Å². The molecule has 0 aliphatic carbocycles. The van der Waals surface area contributed by atoms with Crippen molar-refractivity contribution >= 4 is 14.8 Å². The molecule has 0 aromatic rings. The second kappa shape index (κ2) is 2.56. The summed E-state index contributed by atoms with van der Waals surface area (Å²) in [5.74, 6) is 5.22. The summed E-state index contributed by atoms with van der Waals surface area (Å²) in [4.78, 5) is 1.89. The maximum Gasteiger partial charge on any atom is 0.124 e. The minimum Gasteiger partial charge on any atom is -0.344 e. The Morgan fingerprint density at radius 3 is 2.50 bits per heavy atom. The highest BCUT2D eigenvalue weighted by molar-refractivity contribution is 5.75. The molecule has 1 aliphatic heterocycles. The van der Waals surface area contributed by atoms with E-state index in [2.05, 4.69) is 5.10 Å². The van der Waals surface area contributed by atoms with E-state index in [9.17, 15) is 0 Å². The predicted octanol–water partition coefficient (Wildman–Crippen LogP) is -1.37. The average Bonchev–Trinajstić information content (AvgIpc) is 1.87. The molecule has 0 unspecified atom stereocenters. The minimum atomic E-state index is 0. The molecule has 0 saturated carbocycles. The molecule has 0 spiro atoms. The Hall–Kier alpha value is -0.705. The first-order chi connectivity index (χ1) is 3.29. The fourth-order valence-corrected chi connectivity index (χ4v) is 0.456. The first kappa shape index (κ1) is 7.29. The lowest BCUT2D eigenvalue weighted by molar-refractivity contribution is 0.260. The van der Waals surface area contributed by atoms with Gasteiger partial charge in [0.15, 0.2) is 0 Å². The Morgan fingerprint density at radius 1 is 1.75 bits per heavy atom. The average molecular weight is 111 g/mol. The molecule has 1 aliphatic rings. The van der Waals surface area contributed by atoms with Crippen LogP contribution in [0.3, 0.4) is 0 Å². The summed E-state index contributed by atoms with van der Waals surface area (Å²) in [5.41, 5.74) is 0. The van der Waals surface area contributed by atoms with Crippen molar-refractivity contribution < 1.29 is 0 Å². The molecule has 0 saturated heterocycles. The van der Waals surface area contributed by atoms with E-state index in [0.29, 0.717) is 6.67 Å². The molecule has 4 nitrogen and oxygen atoms in total. The van der Waals surface area contributed by atoms with Crippen LogP contribution in [0.25, 0.3) is 0 Å². The number of hydrogen-bond donors (Lipinski definition) is 1. The van der Waals surface area contributed by atoms with Gasteiger partial charge in [-0.25, -0.2) is 11.0 Å². The van der Waals surface area contributed by atoms with E-state index >= 15 is 0 Å². The number of hydrazone groups is 1. The number of hydrogen-bond acceptors (Lipinski definition) is 4. The molecule has 43 valence electrons. The van der Waals surface area contributed by atoms with E-state index in [1.807, 2.05) is 11.9 Å². The smallest absolute Gasteiger partial charge is 0.124 e. The van der Waals surface area contributed by atoms with Crippen molar-refractivity contribution in [1.29, 1.82) is 0 Å². The van der Waals surface area contributed by atoms with Gasteiger partial charge in [0.25, 0.3) is 0 Å². The van der Waals surface area contributed by atoms with Gasteiger partial charge in [-0.05, 0) is 0 Å². The van der Waals surface area contributed by atoms with E-state index in [1.54, 1.807) is 6.34 Å². The van der Waals surface area contributed by atoms with E-state index in [1.165, 1.54) is 5.12 Å². The van der Waals surface area contributed by atoms with Gasteiger partial charge in [0, 0.05) is 15.5 Å². The van der Waals surface area contributed by atoms with Crippen LogP contribution in [0.2, 0.25) is 0 Å². The first-order valence-corrected chi connectivity index (χ1v) is 2.05. The molecular weight excluding hydrogens is 103 g/mol. The van der Waals surface area contributed by atoms with Crippen molar-refractivity contribution in [3.63, 3.8) is 0 Å². The van der Waals surface area contributed by atoms with Crippen LogP contribution in [0.4, 0.5) is 0 Å². The van der Waals surface area contributed by atoms with Gasteiger partial charge in [-0.3, -0.25) is 0 Å². The molecule has 0 aromatic heterocycles. The van der Waals surface area contributed by atoms with Gasteiger partial charge in [0.1, 0.15) is 13.0 Å². The Labute approximate surface area is 50.5 Å². The highest BCUT2D eigenvalue weighted by Crippen LogP contribution is 1.89. The molecule has 8 heavy (non-hydrogen) atoms. The van der Waals surface area contributed by atoms with Crippen LogP contribution in [-0.4, -0.2) is 38.5 Å². The first-order valence-electron chi connectivity index (χ1n) is 2.05. The molecule has 0 fully saturated rings. The monoisotopic (exact) mass is 111 g/mol. The zero-order chi connectivity index (χ0) is 5.28. The lowest BCUT2D eigenvalue weighted by Gasteiger charge is -2.07. The van der Waals surface area contributed by atoms with Gasteiger partial charge in [-0.15, -0.1) is 0 Å². The predicted molar refractivity (Wildman–Crippen MR) is 32.9 cm³/mol. The van der Waals surface area contributed by atoms with Gasteiger partial charge in [0.2, 0.25) is 0 Å². The Morgan fingerprint density at radius 2 is 2.38 bits per heavy atom. The minimum absolute atomic E-state index is 0. The number of nitrogens with zero attached hydrogens (tertiary/aromatic N) is 3. The van der Waals surface area contributed by atoms with E-state index < -0.39 is 0 Å². The summed E-state index contributed by atoms with van der Waals surface area (Å²) in [7, 11) is 1.91. The molecule has 2 N–H and O–H groups in total. The number of hydrazine groups is 1. The number of nitrogens with two attached hydrogens (primary N) is 1. The van der Waals surface area contributed by atoms with Gasteiger partial charge in [-0.1, -0.05) is 0 Å². The van der Waals surface area contributed by atoms with Crippen molar-refractivity contribution in [3.8, 4) is 0 Å². The summed E-state index contributed by atoms with van der Waals surface area (Å²) in [6.45, 7) is 0.694. The molecule has 0 amide bonds. The van der Waals surface area contributed by atoms with Crippen LogP contribution in [0.5, 0.6) is 0 Å². The zero-order valence-electron chi connectivity index (χ0n) is 4.78. The lowest BCUT2D eigenvalue weighted by atomic mass is 10.8. The molecule has 3 radical (unpaired) electrons. The molecular formula is C3H8BN4. The number of rotatable bonds is 0. The summed E-state index contributed by atoms with van der Waals surface area (Å²) in [5, 5.41) is 5.10. The van der Waals surface area contributed by atoms with Crippen LogP contribution < -0.4 is 5.84 Å². The third-order valence-corrected chi connectivity index (χ3v) is 0.765. The van der Waals surface area contributed by atoms with Crippen molar-refractivity contribution in [2.45, 2.75) is 0 Å². The topological polar surface area (TPSA) is 44.9 Å². The Balaban J connectivity index is 0.000000490. The standard InChI is InChI=1S/C3H8N4.B/c1-6-2-5-7(4)3-6;/h2H,3-4H2,1H3;. The fraction of sp³-hybridized carbons (Fsp3) is 0.667. The summed E-state index contributed by atoms with van der Waals surface area (Å²) >= 11 is 0. The summed E-state index contributed by atoms with van der Waals surface area (Å²) < 4.78 is 0. The highest BCUT2D eigenvalue weighted by atomic mass is 15.7. The molecule has 1 rings (SSSR count). The second-order valence-electron chi connectivity index (χ2n) is 1.57.